The second-order valence-corrected chi connectivity index (χ2v) is 6.00. The van der Waals surface area contributed by atoms with Crippen LogP contribution in [-0.4, -0.2) is 31.5 Å². The van der Waals surface area contributed by atoms with Crippen molar-refractivity contribution in [3.05, 3.63) is 27.3 Å². The first kappa shape index (κ1) is 13.8. The molecule has 2 rings (SSSR count). The average molecular weight is 296 g/mol. The van der Waals surface area contributed by atoms with E-state index in [2.05, 4.69) is 21.7 Å². The summed E-state index contributed by atoms with van der Waals surface area (Å²) in [7, 11) is 3.74. The quantitative estimate of drug-likeness (QED) is 0.883. The molecule has 2 heterocycles. The summed E-state index contributed by atoms with van der Waals surface area (Å²) in [6.45, 7) is 0.601. The van der Waals surface area contributed by atoms with Gasteiger partial charge in [0.25, 0.3) is 5.91 Å². The lowest BCUT2D eigenvalue weighted by Crippen LogP contribution is -2.25. The molecule has 7 heteroatoms. The van der Waals surface area contributed by atoms with Gasteiger partial charge in [0.05, 0.1) is 0 Å². The van der Waals surface area contributed by atoms with Crippen LogP contribution in [-0.2, 0) is 6.42 Å². The molecule has 3 N–H and O–H groups in total. The van der Waals surface area contributed by atoms with Crippen molar-refractivity contribution in [2.45, 2.75) is 6.42 Å². The Balaban J connectivity index is 1.92. The first-order valence-electron chi connectivity index (χ1n) is 5.81. The molecule has 0 aliphatic heterocycles. The molecule has 0 spiro atoms. The van der Waals surface area contributed by atoms with Crippen LogP contribution in [0.4, 0.5) is 10.9 Å². The molecule has 2 aromatic heterocycles. The van der Waals surface area contributed by atoms with Crippen molar-refractivity contribution in [2.75, 3.05) is 31.3 Å². The van der Waals surface area contributed by atoms with E-state index in [1.54, 1.807) is 11.3 Å². The monoisotopic (exact) mass is 296 g/mol. The van der Waals surface area contributed by atoms with Crippen molar-refractivity contribution < 1.29 is 4.79 Å². The van der Waals surface area contributed by atoms with Crippen molar-refractivity contribution in [3.63, 3.8) is 0 Å². The van der Waals surface area contributed by atoms with Gasteiger partial charge in [-0.15, -0.1) is 0 Å². The number of aromatic nitrogens is 1. The molecule has 102 valence electrons. The second-order valence-electron chi connectivity index (χ2n) is 4.24. The van der Waals surface area contributed by atoms with E-state index in [0.29, 0.717) is 17.2 Å². The van der Waals surface area contributed by atoms with Gasteiger partial charge in [0, 0.05) is 20.6 Å². The van der Waals surface area contributed by atoms with Gasteiger partial charge >= 0.3 is 0 Å². The summed E-state index contributed by atoms with van der Waals surface area (Å²) in [5.41, 5.74) is 6.99. The third kappa shape index (κ3) is 3.45. The Labute approximate surface area is 120 Å². The zero-order valence-corrected chi connectivity index (χ0v) is 12.5. The van der Waals surface area contributed by atoms with Crippen LogP contribution in [0.1, 0.15) is 15.2 Å². The van der Waals surface area contributed by atoms with Gasteiger partial charge in [-0.3, -0.25) is 4.79 Å². The number of carbonyl (C=O) groups excluding carboxylic acids is 1. The van der Waals surface area contributed by atoms with Crippen molar-refractivity contribution in [1.82, 2.24) is 10.3 Å². The third-order valence-electron chi connectivity index (χ3n) is 2.51. The molecule has 0 saturated carbocycles. The van der Waals surface area contributed by atoms with Gasteiger partial charge in [-0.1, -0.05) is 11.3 Å². The molecule has 0 radical (unpaired) electrons. The molecule has 0 atom stereocenters. The van der Waals surface area contributed by atoms with Gasteiger partial charge in [0.2, 0.25) is 0 Å². The van der Waals surface area contributed by atoms with Crippen LogP contribution in [0.3, 0.4) is 0 Å². The molecule has 0 aliphatic carbocycles. The summed E-state index contributed by atoms with van der Waals surface area (Å²) in [5.74, 6) is 0.139. The minimum absolute atomic E-state index is 0.154. The number of nitrogen functional groups attached to an aromatic ring is 1. The predicted molar refractivity (Wildman–Crippen MR) is 81.2 cm³/mol. The highest BCUT2D eigenvalue weighted by Gasteiger charge is 2.16. The van der Waals surface area contributed by atoms with E-state index in [4.69, 9.17) is 5.73 Å². The Morgan fingerprint density at radius 1 is 1.53 bits per heavy atom. The number of hydrogen-bond donors (Lipinski definition) is 2. The first-order chi connectivity index (χ1) is 9.08. The molecule has 0 aromatic carbocycles. The molecule has 0 unspecified atom stereocenters. The largest absolute Gasteiger partial charge is 0.382 e. The smallest absolute Gasteiger partial charge is 0.265 e. The fourth-order valence-electron chi connectivity index (χ4n) is 1.51. The van der Waals surface area contributed by atoms with E-state index in [1.165, 1.54) is 16.9 Å². The number of thiazole rings is 1. The maximum absolute atomic E-state index is 12.0. The zero-order valence-electron chi connectivity index (χ0n) is 10.8. The summed E-state index contributed by atoms with van der Waals surface area (Å²) in [4.78, 5) is 18.5. The lowest BCUT2D eigenvalue weighted by atomic mass is 10.2. The second kappa shape index (κ2) is 6.03. The van der Waals surface area contributed by atoms with Crippen LogP contribution in [0.25, 0.3) is 0 Å². The molecule has 19 heavy (non-hydrogen) atoms. The molecule has 0 bridgehead atoms. The molecule has 2 aromatic rings. The number of nitrogens with two attached hydrogens (primary N) is 1. The van der Waals surface area contributed by atoms with Gasteiger partial charge in [-0.05, 0) is 28.8 Å². The summed E-state index contributed by atoms with van der Waals surface area (Å²) < 4.78 is 0. The Bertz CT molecular complexity index is 548. The Kier molecular flexibility index (Phi) is 4.39. The number of anilines is 2. The average Bonchev–Trinajstić information content (AvgIpc) is 2.98. The number of carbonyl (C=O) groups is 1. The van der Waals surface area contributed by atoms with Gasteiger partial charge < -0.3 is 16.0 Å². The number of nitrogens with one attached hydrogen (secondary N) is 1. The number of rotatable bonds is 5. The van der Waals surface area contributed by atoms with Crippen LogP contribution in [0, 0.1) is 0 Å². The highest BCUT2D eigenvalue weighted by atomic mass is 32.1. The Morgan fingerprint density at radius 3 is 2.89 bits per heavy atom. The molecular weight excluding hydrogens is 280 g/mol. The Morgan fingerprint density at radius 2 is 2.32 bits per heavy atom. The number of nitrogens with zero attached hydrogens (tertiary/aromatic N) is 2. The minimum Gasteiger partial charge on any atom is -0.382 e. The van der Waals surface area contributed by atoms with Gasteiger partial charge in [0.15, 0.2) is 5.13 Å². The maximum Gasteiger partial charge on any atom is 0.265 e. The molecule has 0 fully saturated rings. The van der Waals surface area contributed by atoms with Gasteiger partial charge in [-0.25, -0.2) is 4.98 Å². The van der Waals surface area contributed by atoms with E-state index in [-0.39, 0.29) is 5.91 Å². The van der Waals surface area contributed by atoms with Crippen molar-refractivity contribution in [2.24, 2.45) is 0 Å². The van der Waals surface area contributed by atoms with Crippen LogP contribution in [0.5, 0.6) is 0 Å². The van der Waals surface area contributed by atoms with Crippen LogP contribution >= 0.6 is 22.7 Å². The van der Waals surface area contributed by atoms with E-state index < -0.39 is 0 Å². The lowest BCUT2D eigenvalue weighted by molar-refractivity contribution is 0.0959. The highest BCUT2D eigenvalue weighted by molar-refractivity contribution is 7.18. The predicted octanol–water partition coefficient (Wildman–Crippen LogP) is 1.83. The zero-order chi connectivity index (χ0) is 13.8. The summed E-state index contributed by atoms with van der Waals surface area (Å²) in [6, 6.07) is 2.06. The molecule has 0 saturated heterocycles. The lowest BCUT2D eigenvalue weighted by Gasteiger charge is -2.05. The highest BCUT2D eigenvalue weighted by Crippen LogP contribution is 2.26. The van der Waals surface area contributed by atoms with Crippen LogP contribution < -0.4 is 16.0 Å². The molecule has 0 aliphatic rings. The molecule has 1 amide bonds. The maximum atomic E-state index is 12.0. The van der Waals surface area contributed by atoms with E-state index >= 15 is 0 Å². The number of hydrogen-bond acceptors (Lipinski definition) is 6. The van der Waals surface area contributed by atoms with Crippen molar-refractivity contribution in [1.29, 1.82) is 0 Å². The van der Waals surface area contributed by atoms with Crippen LogP contribution in [0.15, 0.2) is 16.8 Å². The summed E-state index contributed by atoms with van der Waals surface area (Å²) >= 11 is 2.96. The Hall–Kier alpha value is -1.60. The fourth-order valence-corrected chi connectivity index (χ4v) is 3.04. The van der Waals surface area contributed by atoms with Crippen LogP contribution in [0.2, 0.25) is 0 Å². The topological polar surface area (TPSA) is 71.2 Å². The fraction of sp³-hybridized carbons (Fsp3) is 0.333. The summed E-state index contributed by atoms with van der Waals surface area (Å²) in [5, 5.41) is 7.71. The molecule has 5 nitrogen and oxygen atoms in total. The van der Waals surface area contributed by atoms with E-state index in [9.17, 15) is 4.79 Å². The van der Waals surface area contributed by atoms with E-state index in [1.807, 2.05) is 24.4 Å². The van der Waals surface area contributed by atoms with Gasteiger partial charge in [-0.2, -0.15) is 11.3 Å². The number of amides is 1. The third-order valence-corrected chi connectivity index (χ3v) is 4.48. The number of thiophene rings is 1. The van der Waals surface area contributed by atoms with Crippen molar-refractivity contribution >= 4 is 39.5 Å². The summed E-state index contributed by atoms with van der Waals surface area (Å²) in [6.07, 6.45) is 0.828. The molecular formula is C12H16N4OS2. The minimum atomic E-state index is -0.154. The first-order valence-corrected chi connectivity index (χ1v) is 7.56. The SMILES string of the molecule is CN(C)c1nc(N)c(C(=O)NCCc2ccsc2)s1. The van der Waals surface area contributed by atoms with E-state index in [0.717, 1.165) is 11.6 Å². The normalized spacial score (nSPS) is 10.4. The van der Waals surface area contributed by atoms with Gasteiger partial charge in [0.1, 0.15) is 10.7 Å². The van der Waals surface area contributed by atoms with Crippen molar-refractivity contribution in [3.8, 4) is 0 Å². The standard InChI is InChI=1S/C12H16N4OS2/c1-16(2)12-15-10(13)9(19-12)11(17)14-5-3-8-4-6-18-7-8/h4,6-7H,3,5,13H2,1-2H3,(H,14,17).